The van der Waals surface area contributed by atoms with Crippen molar-refractivity contribution in [2.24, 2.45) is 0 Å². The monoisotopic (exact) mass is 402 g/mol. The maximum Gasteiger partial charge on any atom is 0.240 e. The first-order valence-electron chi connectivity index (χ1n) is 9.75. The summed E-state index contributed by atoms with van der Waals surface area (Å²) in [4.78, 5) is 2.55. The molecule has 0 unspecified atom stereocenters. The highest BCUT2D eigenvalue weighted by Gasteiger charge is 2.22. The molecule has 2 aromatic rings. The van der Waals surface area contributed by atoms with Crippen molar-refractivity contribution < 1.29 is 13.2 Å². The average molecular weight is 403 g/mol. The third kappa shape index (κ3) is 5.41. The zero-order valence-electron chi connectivity index (χ0n) is 16.9. The molecule has 0 saturated carbocycles. The summed E-state index contributed by atoms with van der Waals surface area (Å²) >= 11 is 0. The number of nitrogens with zero attached hydrogens (tertiary/aromatic N) is 1. The van der Waals surface area contributed by atoms with E-state index in [0.717, 1.165) is 24.2 Å². The molecular formula is C22H30N2O3S. The van der Waals surface area contributed by atoms with Crippen molar-refractivity contribution in [2.75, 3.05) is 32.8 Å². The molecule has 1 N–H and O–H groups in total. The summed E-state index contributed by atoms with van der Waals surface area (Å²) in [7, 11) is -3.50. The molecule has 5 nitrogen and oxygen atoms in total. The molecule has 1 aliphatic rings. The van der Waals surface area contributed by atoms with Crippen LogP contribution in [0.4, 0.5) is 0 Å². The molecule has 1 atom stereocenters. The second-order valence-electron chi connectivity index (χ2n) is 8.24. The summed E-state index contributed by atoms with van der Waals surface area (Å²) in [6, 6.07) is 17.3. The van der Waals surface area contributed by atoms with Gasteiger partial charge in [0.1, 0.15) is 0 Å². The molecule has 6 heteroatoms. The van der Waals surface area contributed by atoms with Gasteiger partial charge >= 0.3 is 0 Å². The minimum absolute atomic E-state index is 0.00134. The number of benzene rings is 2. The van der Waals surface area contributed by atoms with Crippen molar-refractivity contribution >= 4 is 10.0 Å². The normalized spacial score (nSPS) is 18.9. The number of hydrogen-bond donors (Lipinski definition) is 1. The molecule has 3 rings (SSSR count). The lowest BCUT2D eigenvalue weighted by Crippen LogP contribution is -2.42. The van der Waals surface area contributed by atoms with Gasteiger partial charge in [0.2, 0.25) is 10.0 Å². The van der Waals surface area contributed by atoms with E-state index < -0.39 is 10.0 Å². The summed E-state index contributed by atoms with van der Waals surface area (Å²) in [6.45, 7) is 9.61. The highest BCUT2D eigenvalue weighted by Crippen LogP contribution is 2.24. The minimum atomic E-state index is -3.50. The Bertz CT molecular complexity index is 859. The van der Waals surface area contributed by atoms with E-state index in [4.69, 9.17) is 4.74 Å². The Morgan fingerprint density at radius 2 is 1.75 bits per heavy atom. The Morgan fingerprint density at radius 1 is 1.07 bits per heavy atom. The van der Waals surface area contributed by atoms with E-state index in [1.165, 1.54) is 0 Å². The number of ether oxygens (including phenoxy) is 1. The van der Waals surface area contributed by atoms with Crippen LogP contribution in [-0.4, -0.2) is 46.1 Å². The quantitative estimate of drug-likeness (QED) is 0.805. The number of hydrogen-bond acceptors (Lipinski definition) is 4. The number of sulfonamides is 1. The van der Waals surface area contributed by atoms with Gasteiger partial charge in [0.25, 0.3) is 0 Å². The summed E-state index contributed by atoms with van der Waals surface area (Å²) < 4.78 is 33.7. The molecule has 0 amide bonds. The Kier molecular flexibility index (Phi) is 6.55. The number of morpholine rings is 1. The van der Waals surface area contributed by atoms with Gasteiger partial charge in [0.15, 0.2) is 0 Å². The van der Waals surface area contributed by atoms with Crippen molar-refractivity contribution in [3.05, 3.63) is 65.7 Å². The van der Waals surface area contributed by atoms with Crippen LogP contribution in [0, 0.1) is 0 Å². The predicted octanol–water partition coefficient (Wildman–Crippen LogP) is 3.34. The Morgan fingerprint density at radius 3 is 2.39 bits per heavy atom. The molecule has 1 fully saturated rings. The highest BCUT2D eigenvalue weighted by molar-refractivity contribution is 7.89. The summed E-state index contributed by atoms with van der Waals surface area (Å²) in [5, 5.41) is 0. The van der Waals surface area contributed by atoms with Gasteiger partial charge in [-0.15, -0.1) is 0 Å². The van der Waals surface area contributed by atoms with Crippen LogP contribution >= 0.6 is 0 Å². The third-order valence-electron chi connectivity index (χ3n) is 5.07. The van der Waals surface area contributed by atoms with Crippen LogP contribution in [0.3, 0.4) is 0 Å². The van der Waals surface area contributed by atoms with Crippen LogP contribution in [-0.2, 0) is 20.2 Å². The standard InChI is InChI=1S/C22H30N2O3S/c1-22(2,3)19-9-11-20(12-10-19)28(25,26)23-13-14-24-15-16-27-21(17-24)18-7-5-4-6-8-18/h4-12,21,23H,13-17H2,1-3H3/t21-/m0/s1. The van der Waals surface area contributed by atoms with Crippen molar-refractivity contribution in [1.29, 1.82) is 0 Å². The average Bonchev–Trinajstić information content (AvgIpc) is 2.68. The number of rotatable bonds is 6. The maximum atomic E-state index is 12.6. The molecular weight excluding hydrogens is 372 g/mol. The molecule has 28 heavy (non-hydrogen) atoms. The molecule has 1 heterocycles. The largest absolute Gasteiger partial charge is 0.371 e. The van der Waals surface area contributed by atoms with Gasteiger partial charge in [-0.1, -0.05) is 63.2 Å². The molecule has 1 saturated heterocycles. The SMILES string of the molecule is CC(C)(C)c1ccc(S(=O)(=O)NCCN2CCO[C@H](c3ccccc3)C2)cc1. The van der Waals surface area contributed by atoms with Gasteiger partial charge in [-0.25, -0.2) is 13.1 Å². The van der Waals surface area contributed by atoms with E-state index in [2.05, 4.69) is 42.5 Å². The Balaban J connectivity index is 1.53. The molecule has 0 aliphatic carbocycles. The molecule has 0 radical (unpaired) electrons. The van der Waals surface area contributed by atoms with E-state index in [0.29, 0.717) is 24.6 Å². The molecule has 1 aliphatic heterocycles. The second kappa shape index (κ2) is 8.74. The fourth-order valence-corrected chi connectivity index (χ4v) is 4.35. The van der Waals surface area contributed by atoms with Crippen LogP contribution in [0.1, 0.15) is 38.0 Å². The predicted molar refractivity (Wildman–Crippen MR) is 112 cm³/mol. The summed E-state index contributed by atoms with van der Waals surface area (Å²) in [5.41, 5.74) is 2.28. The maximum absolute atomic E-state index is 12.6. The zero-order valence-corrected chi connectivity index (χ0v) is 17.7. The van der Waals surface area contributed by atoms with Crippen LogP contribution < -0.4 is 4.72 Å². The third-order valence-corrected chi connectivity index (χ3v) is 6.55. The van der Waals surface area contributed by atoms with Crippen LogP contribution in [0.15, 0.2) is 59.5 Å². The molecule has 0 bridgehead atoms. The van der Waals surface area contributed by atoms with Gasteiger partial charge in [-0.3, -0.25) is 4.90 Å². The van der Waals surface area contributed by atoms with Crippen molar-refractivity contribution in [1.82, 2.24) is 9.62 Å². The zero-order chi connectivity index (χ0) is 20.2. The van der Waals surface area contributed by atoms with E-state index in [9.17, 15) is 8.42 Å². The number of nitrogens with one attached hydrogen (secondary N) is 1. The first-order valence-corrected chi connectivity index (χ1v) is 11.2. The lowest BCUT2D eigenvalue weighted by atomic mass is 9.87. The van der Waals surface area contributed by atoms with Crippen LogP contribution in [0.5, 0.6) is 0 Å². The lowest BCUT2D eigenvalue weighted by Gasteiger charge is -2.33. The van der Waals surface area contributed by atoms with Crippen molar-refractivity contribution in [3.63, 3.8) is 0 Å². The van der Waals surface area contributed by atoms with Gasteiger partial charge in [-0.2, -0.15) is 0 Å². The van der Waals surface area contributed by atoms with Crippen LogP contribution in [0.25, 0.3) is 0 Å². The van der Waals surface area contributed by atoms with Crippen molar-refractivity contribution in [3.8, 4) is 0 Å². The smallest absolute Gasteiger partial charge is 0.240 e. The van der Waals surface area contributed by atoms with Crippen LogP contribution in [0.2, 0.25) is 0 Å². The minimum Gasteiger partial charge on any atom is -0.371 e. The fraction of sp³-hybridized carbons (Fsp3) is 0.455. The highest BCUT2D eigenvalue weighted by atomic mass is 32.2. The fourth-order valence-electron chi connectivity index (χ4n) is 3.33. The van der Waals surface area contributed by atoms with Gasteiger partial charge in [0, 0.05) is 26.2 Å². The summed E-state index contributed by atoms with van der Waals surface area (Å²) in [5.74, 6) is 0. The summed E-state index contributed by atoms with van der Waals surface area (Å²) in [6.07, 6.45) is 0.0384. The lowest BCUT2D eigenvalue weighted by molar-refractivity contribution is -0.0291. The van der Waals surface area contributed by atoms with Gasteiger partial charge in [0.05, 0.1) is 17.6 Å². The second-order valence-corrected chi connectivity index (χ2v) is 10.0. The van der Waals surface area contributed by atoms with Gasteiger partial charge in [-0.05, 0) is 28.7 Å². The van der Waals surface area contributed by atoms with E-state index in [1.54, 1.807) is 12.1 Å². The Hall–Kier alpha value is -1.73. The van der Waals surface area contributed by atoms with Crippen molar-refractivity contribution in [2.45, 2.75) is 37.2 Å². The van der Waals surface area contributed by atoms with E-state index >= 15 is 0 Å². The topological polar surface area (TPSA) is 58.6 Å². The molecule has 0 spiro atoms. The first kappa shape index (κ1) is 21.0. The van der Waals surface area contributed by atoms with E-state index in [-0.39, 0.29) is 11.5 Å². The first-order chi connectivity index (χ1) is 13.3. The van der Waals surface area contributed by atoms with E-state index in [1.807, 2.05) is 30.3 Å². The molecule has 0 aromatic heterocycles. The molecule has 2 aromatic carbocycles. The van der Waals surface area contributed by atoms with Gasteiger partial charge < -0.3 is 4.74 Å². The Labute approximate surface area is 168 Å². The molecule has 152 valence electrons.